The number of hydrogen-bond donors (Lipinski definition) is 3. The number of hydrogen-bond acceptors (Lipinski definition) is 5. The van der Waals surface area contributed by atoms with Crippen LogP contribution in [0.5, 0.6) is 0 Å². The minimum atomic E-state index is -3.57. The number of H-pyrrole nitrogens is 1. The van der Waals surface area contributed by atoms with Crippen LogP contribution in [0.1, 0.15) is 24.6 Å². The first-order valence-electron chi connectivity index (χ1n) is 6.28. The Bertz CT molecular complexity index is 484. The Balaban J connectivity index is 2.66. The molecule has 0 saturated carbocycles. The number of nitrogens with one attached hydrogen (secondary N) is 3. The summed E-state index contributed by atoms with van der Waals surface area (Å²) in [6.07, 6.45) is 0.637. The van der Waals surface area contributed by atoms with Crippen LogP contribution in [-0.4, -0.2) is 45.4 Å². The van der Waals surface area contributed by atoms with E-state index in [0.717, 1.165) is 5.69 Å². The summed E-state index contributed by atoms with van der Waals surface area (Å²) in [5.74, 6) is 0. The van der Waals surface area contributed by atoms with Crippen LogP contribution in [0.3, 0.4) is 0 Å². The van der Waals surface area contributed by atoms with Gasteiger partial charge in [0.25, 0.3) is 10.0 Å². The smallest absolute Gasteiger partial charge is 0.260 e. The summed E-state index contributed by atoms with van der Waals surface area (Å²) in [4.78, 5) is 0. The molecule has 8 heteroatoms. The summed E-state index contributed by atoms with van der Waals surface area (Å²) < 4.78 is 31.9. The molecular weight excluding hydrogens is 268 g/mol. The molecule has 0 aromatic carbocycles. The lowest BCUT2D eigenvalue weighted by molar-refractivity contribution is 0.146. The molecule has 1 heterocycles. The lowest BCUT2D eigenvalue weighted by atomic mass is 10.3. The van der Waals surface area contributed by atoms with Gasteiger partial charge < -0.3 is 10.1 Å². The predicted octanol–water partition coefficient (Wildman–Crippen LogP) is 0.142. The van der Waals surface area contributed by atoms with E-state index in [2.05, 4.69) is 20.2 Å². The molecule has 0 aliphatic carbocycles. The van der Waals surface area contributed by atoms with Crippen LogP contribution in [0.2, 0.25) is 0 Å². The van der Waals surface area contributed by atoms with Gasteiger partial charge in [0.1, 0.15) is 0 Å². The van der Waals surface area contributed by atoms with Crippen molar-refractivity contribution >= 4 is 10.0 Å². The van der Waals surface area contributed by atoms with Crippen LogP contribution < -0.4 is 10.0 Å². The molecule has 0 radical (unpaired) electrons. The van der Waals surface area contributed by atoms with Gasteiger partial charge in [-0.05, 0) is 27.3 Å². The predicted molar refractivity (Wildman–Crippen MR) is 72.4 cm³/mol. The van der Waals surface area contributed by atoms with Gasteiger partial charge in [0, 0.05) is 37.6 Å². The molecular formula is C11H22N4O3S. The molecule has 0 atom stereocenters. The van der Waals surface area contributed by atoms with Crippen molar-refractivity contribution in [3.63, 3.8) is 0 Å². The van der Waals surface area contributed by atoms with Crippen molar-refractivity contribution in [2.75, 3.05) is 26.8 Å². The molecule has 0 bridgehead atoms. The van der Waals surface area contributed by atoms with E-state index in [1.54, 1.807) is 14.0 Å². The summed E-state index contributed by atoms with van der Waals surface area (Å²) in [6, 6.07) is 0. The third-order valence-electron chi connectivity index (χ3n) is 2.61. The van der Waals surface area contributed by atoms with Gasteiger partial charge in [-0.2, -0.15) is 5.10 Å². The Kier molecular flexibility index (Phi) is 6.43. The van der Waals surface area contributed by atoms with Gasteiger partial charge >= 0.3 is 0 Å². The highest BCUT2D eigenvalue weighted by Crippen LogP contribution is 2.15. The number of nitrogens with zero attached hydrogens (tertiary/aromatic N) is 1. The molecule has 1 aromatic heterocycles. The molecule has 0 saturated heterocycles. The molecule has 0 spiro atoms. The zero-order chi connectivity index (χ0) is 14.3. The maximum Gasteiger partial charge on any atom is 0.260 e. The summed E-state index contributed by atoms with van der Waals surface area (Å²) in [6.45, 7) is 5.68. The normalized spacial score (nSPS) is 11.9. The van der Waals surface area contributed by atoms with Crippen LogP contribution in [0.15, 0.2) is 5.03 Å². The Morgan fingerprint density at radius 3 is 2.79 bits per heavy atom. The van der Waals surface area contributed by atoms with Gasteiger partial charge in [-0.15, -0.1) is 0 Å². The monoisotopic (exact) mass is 290 g/mol. The van der Waals surface area contributed by atoms with E-state index in [-0.39, 0.29) is 5.03 Å². The van der Waals surface area contributed by atoms with Crippen molar-refractivity contribution in [1.82, 2.24) is 20.2 Å². The number of ether oxygens (including phenoxy) is 1. The van der Waals surface area contributed by atoms with E-state index >= 15 is 0 Å². The third-order valence-corrected chi connectivity index (χ3v) is 4.04. The van der Waals surface area contributed by atoms with Crippen molar-refractivity contribution in [3.05, 3.63) is 11.3 Å². The maximum absolute atomic E-state index is 12.1. The largest absolute Gasteiger partial charge is 0.382 e. The fraction of sp³-hybridized carbons (Fsp3) is 0.727. The molecule has 7 nitrogen and oxygen atoms in total. The van der Waals surface area contributed by atoms with Crippen LogP contribution in [-0.2, 0) is 21.3 Å². The molecule has 0 aliphatic heterocycles. The van der Waals surface area contributed by atoms with E-state index in [4.69, 9.17) is 4.74 Å². The Morgan fingerprint density at radius 2 is 2.16 bits per heavy atom. The molecule has 3 N–H and O–H groups in total. The van der Waals surface area contributed by atoms with Crippen molar-refractivity contribution in [1.29, 1.82) is 0 Å². The second kappa shape index (κ2) is 7.59. The average molecular weight is 290 g/mol. The van der Waals surface area contributed by atoms with Crippen molar-refractivity contribution in [3.8, 4) is 0 Å². The van der Waals surface area contributed by atoms with Crippen LogP contribution in [0, 0.1) is 6.92 Å². The van der Waals surface area contributed by atoms with Crippen molar-refractivity contribution in [2.45, 2.75) is 31.8 Å². The highest BCUT2D eigenvalue weighted by atomic mass is 32.2. The van der Waals surface area contributed by atoms with Crippen LogP contribution in [0.4, 0.5) is 0 Å². The summed E-state index contributed by atoms with van der Waals surface area (Å²) in [5.41, 5.74) is 1.42. The number of aromatic amines is 1. The van der Waals surface area contributed by atoms with E-state index in [0.29, 0.717) is 38.3 Å². The number of rotatable bonds is 9. The SMILES string of the molecule is CCOCCCNS(=O)(=O)c1n[nH]c(C)c1CNC. The maximum atomic E-state index is 12.1. The molecule has 0 fully saturated rings. The summed E-state index contributed by atoms with van der Waals surface area (Å²) >= 11 is 0. The molecule has 19 heavy (non-hydrogen) atoms. The van der Waals surface area contributed by atoms with Gasteiger partial charge in [0.05, 0.1) is 0 Å². The minimum absolute atomic E-state index is 0.0655. The van der Waals surface area contributed by atoms with E-state index < -0.39 is 10.0 Å². The van der Waals surface area contributed by atoms with Gasteiger partial charge in [-0.1, -0.05) is 0 Å². The number of aromatic nitrogens is 2. The van der Waals surface area contributed by atoms with Crippen molar-refractivity contribution in [2.24, 2.45) is 0 Å². The van der Waals surface area contributed by atoms with Gasteiger partial charge in [0.15, 0.2) is 5.03 Å². The zero-order valence-corrected chi connectivity index (χ0v) is 12.4. The molecule has 110 valence electrons. The second-order valence-electron chi connectivity index (χ2n) is 4.11. The molecule has 0 amide bonds. The Morgan fingerprint density at radius 1 is 1.42 bits per heavy atom. The fourth-order valence-electron chi connectivity index (χ4n) is 1.63. The standard InChI is InChI=1S/C11H22N4O3S/c1-4-18-7-5-6-13-19(16,17)11-10(8-12-3)9(2)14-15-11/h12-13H,4-8H2,1-3H3,(H,14,15). The molecule has 1 rings (SSSR count). The molecule has 1 aromatic rings. The summed E-state index contributed by atoms with van der Waals surface area (Å²) in [5, 5.41) is 9.58. The minimum Gasteiger partial charge on any atom is -0.382 e. The number of sulfonamides is 1. The van der Waals surface area contributed by atoms with E-state index in [9.17, 15) is 8.42 Å². The topological polar surface area (TPSA) is 96.1 Å². The van der Waals surface area contributed by atoms with Gasteiger partial charge in [-0.25, -0.2) is 13.1 Å². The first-order chi connectivity index (χ1) is 9.03. The Labute approximate surface area is 114 Å². The van der Waals surface area contributed by atoms with Crippen molar-refractivity contribution < 1.29 is 13.2 Å². The third kappa shape index (κ3) is 4.57. The number of aryl methyl sites for hydroxylation is 1. The quantitative estimate of drug-likeness (QED) is 0.562. The van der Waals surface area contributed by atoms with E-state index in [1.165, 1.54) is 0 Å². The highest BCUT2D eigenvalue weighted by Gasteiger charge is 2.22. The molecule has 0 aliphatic rings. The van der Waals surface area contributed by atoms with Crippen LogP contribution >= 0.6 is 0 Å². The lowest BCUT2D eigenvalue weighted by Gasteiger charge is -2.07. The first kappa shape index (κ1) is 16.1. The van der Waals surface area contributed by atoms with Crippen LogP contribution in [0.25, 0.3) is 0 Å². The fourth-order valence-corrected chi connectivity index (χ4v) is 2.90. The second-order valence-corrected chi connectivity index (χ2v) is 5.79. The van der Waals surface area contributed by atoms with Gasteiger partial charge in [0.2, 0.25) is 0 Å². The first-order valence-corrected chi connectivity index (χ1v) is 7.77. The summed E-state index contributed by atoms with van der Waals surface area (Å²) in [7, 11) is -1.81. The molecule has 0 unspecified atom stereocenters. The highest BCUT2D eigenvalue weighted by molar-refractivity contribution is 7.89. The Hall–Kier alpha value is -0.960. The average Bonchev–Trinajstić information content (AvgIpc) is 2.72. The van der Waals surface area contributed by atoms with Gasteiger partial charge in [-0.3, -0.25) is 5.10 Å². The lowest BCUT2D eigenvalue weighted by Crippen LogP contribution is -2.27. The van der Waals surface area contributed by atoms with E-state index in [1.807, 2.05) is 6.92 Å². The zero-order valence-electron chi connectivity index (χ0n) is 11.6.